The van der Waals surface area contributed by atoms with Crippen LogP contribution in [0.5, 0.6) is 0 Å². The molecule has 0 unspecified atom stereocenters. The molecule has 0 amide bonds. The summed E-state index contributed by atoms with van der Waals surface area (Å²) in [5.41, 5.74) is 1.62. The van der Waals surface area contributed by atoms with Gasteiger partial charge in [-0.05, 0) is 32.3 Å². The molecule has 10 heavy (non-hydrogen) atoms. The van der Waals surface area contributed by atoms with Crippen LogP contribution >= 0.6 is 7.92 Å². The van der Waals surface area contributed by atoms with Gasteiger partial charge in [0.25, 0.3) is 0 Å². The fourth-order valence-corrected chi connectivity index (χ4v) is 1.78. The summed E-state index contributed by atoms with van der Waals surface area (Å²) in [6.07, 6.45) is 10.6. The second-order valence-corrected chi connectivity index (χ2v) is 5.62. The SMILES string of the molecule is CP(C)CCC1=CC=CC1. The zero-order valence-electron chi connectivity index (χ0n) is 6.80. The van der Waals surface area contributed by atoms with Crippen LogP contribution in [0.1, 0.15) is 12.8 Å². The summed E-state index contributed by atoms with van der Waals surface area (Å²) in [6, 6.07) is 0. The van der Waals surface area contributed by atoms with Crippen LogP contribution in [0.25, 0.3) is 0 Å². The van der Waals surface area contributed by atoms with Gasteiger partial charge in [0.2, 0.25) is 0 Å². The molecule has 0 saturated carbocycles. The van der Waals surface area contributed by atoms with E-state index in [9.17, 15) is 0 Å². The highest BCUT2D eigenvalue weighted by atomic mass is 31.1. The summed E-state index contributed by atoms with van der Waals surface area (Å²) in [5, 5.41) is 0. The Bertz CT molecular complexity index is 154. The van der Waals surface area contributed by atoms with Crippen molar-refractivity contribution in [1.82, 2.24) is 0 Å². The lowest BCUT2D eigenvalue weighted by Gasteiger charge is -2.04. The molecule has 0 aromatic heterocycles. The Hall–Kier alpha value is -0.0900. The van der Waals surface area contributed by atoms with Crippen molar-refractivity contribution in [1.29, 1.82) is 0 Å². The molecule has 0 atom stereocenters. The number of allylic oxidation sites excluding steroid dienone is 4. The third kappa shape index (κ3) is 2.66. The average Bonchev–Trinajstić information content (AvgIpc) is 2.34. The van der Waals surface area contributed by atoms with Crippen LogP contribution in [0.4, 0.5) is 0 Å². The maximum absolute atomic E-state index is 2.35. The van der Waals surface area contributed by atoms with E-state index >= 15 is 0 Å². The Morgan fingerprint density at radius 3 is 2.80 bits per heavy atom. The predicted octanol–water partition coefficient (Wildman–Crippen LogP) is 3.00. The molecule has 0 radical (unpaired) electrons. The second kappa shape index (κ2) is 3.93. The highest BCUT2D eigenvalue weighted by Gasteiger charge is 1.99. The summed E-state index contributed by atoms with van der Waals surface area (Å²) in [5.74, 6) is 0. The molecule has 0 saturated heterocycles. The number of rotatable bonds is 3. The molecule has 56 valence electrons. The summed E-state index contributed by atoms with van der Waals surface area (Å²) in [7, 11) is 0.315. The standard InChI is InChI=1S/C9H15P/c1-10(2)8-7-9-5-3-4-6-9/h3-5H,6-8H2,1-2H3. The van der Waals surface area contributed by atoms with E-state index in [0.29, 0.717) is 7.92 Å². The summed E-state index contributed by atoms with van der Waals surface area (Å²) in [4.78, 5) is 0. The largest absolute Gasteiger partial charge is 0.113 e. The first-order valence-corrected chi connectivity index (χ1v) is 6.20. The highest BCUT2D eigenvalue weighted by molar-refractivity contribution is 7.55. The second-order valence-electron chi connectivity index (χ2n) is 3.01. The van der Waals surface area contributed by atoms with E-state index < -0.39 is 0 Å². The van der Waals surface area contributed by atoms with Crippen LogP contribution in [0.15, 0.2) is 23.8 Å². The van der Waals surface area contributed by atoms with E-state index in [0.717, 1.165) is 0 Å². The fourth-order valence-electron chi connectivity index (χ4n) is 1.04. The van der Waals surface area contributed by atoms with Crippen LogP contribution in [0.3, 0.4) is 0 Å². The van der Waals surface area contributed by atoms with E-state index in [2.05, 4.69) is 31.6 Å². The van der Waals surface area contributed by atoms with E-state index in [1.807, 2.05) is 0 Å². The van der Waals surface area contributed by atoms with Crippen LogP contribution in [-0.2, 0) is 0 Å². The third-order valence-corrected chi connectivity index (χ3v) is 2.85. The van der Waals surface area contributed by atoms with E-state index in [-0.39, 0.29) is 0 Å². The Labute approximate surface area is 64.8 Å². The molecule has 0 aromatic carbocycles. The van der Waals surface area contributed by atoms with Crippen molar-refractivity contribution in [2.45, 2.75) is 12.8 Å². The minimum atomic E-state index is 0.315. The van der Waals surface area contributed by atoms with Crippen LogP contribution < -0.4 is 0 Å². The number of hydrogen-bond acceptors (Lipinski definition) is 0. The number of hydrogen-bond donors (Lipinski definition) is 0. The van der Waals surface area contributed by atoms with Crippen LogP contribution in [-0.4, -0.2) is 19.5 Å². The lowest BCUT2D eigenvalue weighted by Crippen LogP contribution is -1.84. The third-order valence-electron chi connectivity index (χ3n) is 1.73. The molecule has 0 aromatic rings. The molecule has 0 fully saturated rings. The predicted molar refractivity (Wildman–Crippen MR) is 50.1 cm³/mol. The molecule has 0 spiro atoms. The molecule has 0 nitrogen and oxygen atoms in total. The fraction of sp³-hybridized carbons (Fsp3) is 0.556. The van der Waals surface area contributed by atoms with Crippen molar-refractivity contribution in [2.24, 2.45) is 0 Å². The smallest absolute Gasteiger partial charge is 0.0132 e. The first kappa shape index (κ1) is 8.01. The monoisotopic (exact) mass is 154 g/mol. The van der Waals surface area contributed by atoms with E-state index in [1.54, 1.807) is 5.57 Å². The van der Waals surface area contributed by atoms with Crippen LogP contribution in [0.2, 0.25) is 0 Å². The van der Waals surface area contributed by atoms with E-state index in [4.69, 9.17) is 0 Å². The highest BCUT2D eigenvalue weighted by Crippen LogP contribution is 2.28. The Kier molecular flexibility index (Phi) is 3.15. The Morgan fingerprint density at radius 1 is 1.50 bits per heavy atom. The van der Waals surface area contributed by atoms with Gasteiger partial charge in [-0.2, -0.15) is 0 Å². The molecule has 1 aliphatic carbocycles. The van der Waals surface area contributed by atoms with Crippen LogP contribution in [0, 0.1) is 0 Å². The molecule has 1 rings (SSSR count). The molecule has 0 N–H and O–H groups in total. The minimum Gasteiger partial charge on any atom is -0.113 e. The Balaban J connectivity index is 2.15. The van der Waals surface area contributed by atoms with Gasteiger partial charge in [0.05, 0.1) is 0 Å². The zero-order valence-corrected chi connectivity index (χ0v) is 7.70. The molecule has 0 bridgehead atoms. The van der Waals surface area contributed by atoms with E-state index in [1.165, 1.54) is 19.0 Å². The van der Waals surface area contributed by atoms with Crippen molar-refractivity contribution in [3.8, 4) is 0 Å². The summed E-state index contributed by atoms with van der Waals surface area (Å²) < 4.78 is 0. The summed E-state index contributed by atoms with van der Waals surface area (Å²) >= 11 is 0. The maximum Gasteiger partial charge on any atom is -0.0132 e. The van der Waals surface area contributed by atoms with Crippen molar-refractivity contribution in [3.05, 3.63) is 23.8 Å². The molecule has 0 heterocycles. The van der Waals surface area contributed by atoms with Gasteiger partial charge in [0.15, 0.2) is 0 Å². The van der Waals surface area contributed by atoms with Gasteiger partial charge < -0.3 is 0 Å². The average molecular weight is 154 g/mol. The lowest BCUT2D eigenvalue weighted by atomic mass is 10.2. The van der Waals surface area contributed by atoms with Gasteiger partial charge in [-0.25, -0.2) is 0 Å². The van der Waals surface area contributed by atoms with Gasteiger partial charge in [0, 0.05) is 0 Å². The first-order chi connectivity index (χ1) is 4.79. The molecule has 1 aliphatic rings. The van der Waals surface area contributed by atoms with Crippen molar-refractivity contribution in [2.75, 3.05) is 19.5 Å². The lowest BCUT2D eigenvalue weighted by molar-refractivity contribution is 1.06. The van der Waals surface area contributed by atoms with Gasteiger partial charge in [-0.1, -0.05) is 23.8 Å². The summed E-state index contributed by atoms with van der Waals surface area (Å²) in [6.45, 7) is 4.69. The molecule has 1 heteroatoms. The molecular formula is C9H15P. The molecular weight excluding hydrogens is 139 g/mol. The van der Waals surface area contributed by atoms with Crippen molar-refractivity contribution in [3.63, 3.8) is 0 Å². The Morgan fingerprint density at radius 2 is 2.30 bits per heavy atom. The van der Waals surface area contributed by atoms with Gasteiger partial charge >= 0.3 is 0 Å². The van der Waals surface area contributed by atoms with Gasteiger partial charge in [-0.3, -0.25) is 0 Å². The van der Waals surface area contributed by atoms with Gasteiger partial charge in [0.1, 0.15) is 0 Å². The van der Waals surface area contributed by atoms with Crippen molar-refractivity contribution < 1.29 is 0 Å². The minimum absolute atomic E-state index is 0.315. The van der Waals surface area contributed by atoms with Gasteiger partial charge in [-0.15, -0.1) is 7.92 Å². The maximum atomic E-state index is 2.35. The molecule has 0 aliphatic heterocycles. The van der Waals surface area contributed by atoms with Crippen molar-refractivity contribution >= 4 is 7.92 Å². The normalized spacial score (nSPS) is 16.5. The topological polar surface area (TPSA) is 0 Å². The first-order valence-electron chi connectivity index (χ1n) is 3.78. The zero-order chi connectivity index (χ0) is 7.40. The quantitative estimate of drug-likeness (QED) is 0.548.